The fourth-order valence-corrected chi connectivity index (χ4v) is 1.89. The summed E-state index contributed by atoms with van der Waals surface area (Å²) in [7, 11) is 0. The molecule has 1 amide bonds. The molecule has 2 aromatic rings. The average Bonchev–Trinajstić information content (AvgIpc) is 2.43. The van der Waals surface area contributed by atoms with E-state index in [9.17, 15) is 9.18 Å². The Morgan fingerprint density at radius 3 is 2.71 bits per heavy atom. The minimum absolute atomic E-state index is 0.363. The van der Waals surface area contributed by atoms with E-state index in [-0.39, 0.29) is 11.7 Å². The number of benzene rings is 2. The molecule has 0 aliphatic carbocycles. The first-order valence-electron chi connectivity index (χ1n) is 6.45. The van der Waals surface area contributed by atoms with Crippen molar-refractivity contribution in [2.75, 3.05) is 5.32 Å². The molecule has 0 aliphatic rings. The van der Waals surface area contributed by atoms with Gasteiger partial charge in [-0.3, -0.25) is 4.79 Å². The number of halogens is 2. The van der Waals surface area contributed by atoms with Gasteiger partial charge < -0.3 is 10.1 Å². The Labute approximate surface area is 127 Å². The van der Waals surface area contributed by atoms with Crippen molar-refractivity contribution in [1.82, 2.24) is 0 Å². The second kappa shape index (κ2) is 6.59. The minimum atomic E-state index is -0.729. The van der Waals surface area contributed by atoms with Crippen LogP contribution in [0.4, 0.5) is 10.1 Å². The van der Waals surface area contributed by atoms with E-state index in [1.165, 1.54) is 6.07 Å². The molecule has 0 aliphatic heterocycles. The number of rotatable bonds is 4. The quantitative estimate of drug-likeness (QED) is 0.919. The summed E-state index contributed by atoms with van der Waals surface area (Å²) in [5.41, 5.74) is 0.917. The van der Waals surface area contributed by atoms with Crippen molar-refractivity contribution in [2.24, 2.45) is 0 Å². The molecule has 0 spiro atoms. The van der Waals surface area contributed by atoms with Crippen molar-refractivity contribution in [3.8, 4) is 5.75 Å². The highest BCUT2D eigenvalue weighted by molar-refractivity contribution is 6.30. The molecule has 0 heterocycles. The zero-order valence-corrected chi connectivity index (χ0v) is 12.4. The number of carbonyl (C=O) groups is 1. The van der Waals surface area contributed by atoms with E-state index < -0.39 is 6.10 Å². The monoisotopic (exact) mass is 307 g/mol. The second-order valence-corrected chi connectivity index (χ2v) is 5.11. The van der Waals surface area contributed by atoms with Crippen LogP contribution in [0.1, 0.15) is 12.5 Å². The van der Waals surface area contributed by atoms with Crippen LogP contribution in [0.2, 0.25) is 5.02 Å². The Kier molecular flexibility index (Phi) is 4.81. The number of nitrogens with one attached hydrogen (secondary N) is 1. The maximum absolute atomic E-state index is 13.4. The molecule has 1 N–H and O–H groups in total. The lowest BCUT2D eigenvalue weighted by atomic mass is 10.2. The van der Waals surface area contributed by atoms with Gasteiger partial charge in [-0.15, -0.1) is 0 Å². The maximum Gasteiger partial charge on any atom is 0.265 e. The van der Waals surface area contributed by atoms with E-state index in [4.69, 9.17) is 16.3 Å². The fraction of sp³-hybridized carbons (Fsp3) is 0.188. The molecule has 5 heteroatoms. The summed E-state index contributed by atoms with van der Waals surface area (Å²) in [6.07, 6.45) is -0.729. The lowest BCUT2D eigenvalue weighted by Crippen LogP contribution is -2.30. The summed E-state index contributed by atoms with van der Waals surface area (Å²) >= 11 is 5.85. The smallest absolute Gasteiger partial charge is 0.265 e. The Hall–Kier alpha value is -2.07. The number of anilines is 1. The van der Waals surface area contributed by atoms with Gasteiger partial charge in [0, 0.05) is 10.7 Å². The molecule has 0 bridgehead atoms. The van der Waals surface area contributed by atoms with Crippen LogP contribution in [-0.2, 0) is 4.79 Å². The molecule has 1 atom stereocenters. The van der Waals surface area contributed by atoms with Gasteiger partial charge in [0.2, 0.25) is 0 Å². The Balaban J connectivity index is 2.00. The first kappa shape index (κ1) is 15.3. The minimum Gasteiger partial charge on any atom is -0.481 e. The standard InChI is InChI=1S/C16H15ClFNO2/c1-10-6-7-13(9-15(10)18)19-16(20)11(2)21-14-5-3-4-12(17)8-14/h3-9,11H,1-2H3,(H,19,20). The normalized spacial score (nSPS) is 11.8. The van der Waals surface area contributed by atoms with Gasteiger partial charge in [-0.1, -0.05) is 23.7 Å². The lowest BCUT2D eigenvalue weighted by Gasteiger charge is -2.15. The van der Waals surface area contributed by atoms with Crippen LogP contribution in [-0.4, -0.2) is 12.0 Å². The number of hydrogen-bond acceptors (Lipinski definition) is 2. The van der Waals surface area contributed by atoms with Gasteiger partial charge >= 0.3 is 0 Å². The van der Waals surface area contributed by atoms with Crippen LogP contribution in [0.25, 0.3) is 0 Å². The van der Waals surface area contributed by atoms with E-state index in [2.05, 4.69) is 5.32 Å². The first-order chi connectivity index (χ1) is 9.95. The number of aryl methyl sites for hydroxylation is 1. The summed E-state index contributed by atoms with van der Waals surface area (Å²) in [5.74, 6) is -0.227. The van der Waals surface area contributed by atoms with Crippen LogP contribution in [0.3, 0.4) is 0 Å². The predicted molar refractivity (Wildman–Crippen MR) is 81.3 cm³/mol. The molecule has 3 nitrogen and oxygen atoms in total. The number of amides is 1. The molecule has 0 radical (unpaired) electrons. The first-order valence-corrected chi connectivity index (χ1v) is 6.83. The number of ether oxygens (including phenoxy) is 1. The zero-order valence-electron chi connectivity index (χ0n) is 11.7. The molecule has 1 unspecified atom stereocenters. The number of carbonyl (C=O) groups excluding carboxylic acids is 1. The topological polar surface area (TPSA) is 38.3 Å². The summed E-state index contributed by atoms with van der Waals surface area (Å²) < 4.78 is 18.9. The SMILES string of the molecule is Cc1ccc(NC(=O)C(C)Oc2cccc(Cl)c2)cc1F. The van der Waals surface area contributed by atoms with Crippen LogP contribution in [0.5, 0.6) is 5.75 Å². The van der Waals surface area contributed by atoms with Gasteiger partial charge in [0.05, 0.1) is 0 Å². The van der Waals surface area contributed by atoms with Crippen molar-refractivity contribution in [2.45, 2.75) is 20.0 Å². The Bertz CT molecular complexity index is 660. The Morgan fingerprint density at radius 1 is 1.29 bits per heavy atom. The molecular weight excluding hydrogens is 293 g/mol. The van der Waals surface area contributed by atoms with Gasteiger partial charge in [-0.25, -0.2) is 4.39 Å². The molecule has 21 heavy (non-hydrogen) atoms. The third-order valence-corrected chi connectivity index (χ3v) is 3.15. The van der Waals surface area contributed by atoms with Crippen molar-refractivity contribution in [1.29, 1.82) is 0 Å². The highest BCUT2D eigenvalue weighted by Gasteiger charge is 2.15. The van der Waals surface area contributed by atoms with E-state index >= 15 is 0 Å². The van der Waals surface area contributed by atoms with Crippen molar-refractivity contribution in [3.05, 3.63) is 58.9 Å². The summed E-state index contributed by atoms with van der Waals surface area (Å²) in [5, 5.41) is 3.14. The van der Waals surface area contributed by atoms with Gasteiger partial charge in [-0.2, -0.15) is 0 Å². The molecule has 0 fully saturated rings. The van der Waals surface area contributed by atoms with Gasteiger partial charge in [0.15, 0.2) is 6.10 Å². The molecular formula is C16H15ClFNO2. The second-order valence-electron chi connectivity index (χ2n) is 4.67. The van der Waals surface area contributed by atoms with E-state index in [1.807, 2.05) is 0 Å². The highest BCUT2D eigenvalue weighted by atomic mass is 35.5. The fourth-order valence-electron chi connectivity index (χ4n) is 1.71. The predicted octanol–water partition coefficient (Wildman–Crippen LogP) is 4.19. The van der Waals surface area contributed by atoms with Crippen LogP contribution < -0.4 is 10.1 Å². The average molecular weight is 308 g/mol. The maximum atomic E-state index is 13.4. The summed E-state index contributed by atoms with van der Waals surface area (Å²) in [6.45, 7) is 3.27. The van der Waals surface area contributed by atoms with Crippen LogP contribution in [0, 0.1) is 12.7 Å². The number of hydrogen-bond donors (Lipinski definition) is 1. The zero-order chi connectivity index (χ0) is 15.4. The van der Waals surface area contributed by atoms with Gasteiger partial charge in [0.1, 0.15) is 11.6 Å². The van der Waals surface area contributed by atoms with E-state index in [0.717, 1.165) is 0 Å². The molecule has 0 saturated carbocycles. The summed E-state index contributed by atoms with van der Waals surface area (Å²) in [4.78, 5) is 12.0. The van der Waals surface area contributed by atoms with Crippen LogP contribution >= 0.6 is 11.6 Å². The lowest BCUT2D eigenvalue weighted by molar-refractivity contribution is -0.122. The largest absolute Gasteiger partial charge is 0.481 e. The molecule has 2 rings (SSSR count). The highest BCUT2D eigenvalue weighted by Crippen LogP contribution is 2.19. The third-order valence-electron chi connectivity index (χ3n) is 2.92. The molecule has 0 saturated heterocycles. The van der Waals surface area contributed by atoms with Gasteiger partial charge in [-0.05, 0) is 49.7 Å². The Morgan fingerprint density at radius 2 is 2.05 bits per heavy atom. The van der Waals surface area contributed by atoms with Crippen molar-refractivity contribution < 1.29 is 13.9 Å². The summed E-state index contributed by atoms with van der Waals surface area (Å²) in [6, 6.07) is 11.3. The van der Waals surface area contributed by atoms with E-state index in [1.54, 1.807) is 50.2 Å². The van der Waals surface area contributed by atoms with Gasteiger partial charge in [0.25, 0.3) is 5.91 Å². The van der Waals surface area contributed by atoms with Crippen molar-refractivity contribution in [3.63, 3.8) is 0 Å². The van der Waals surface area contributed by atoms with Crippen LogP contribution in [0.15, 0.2) is 42.5 Å². The molecule has 0 aromatic heterocycles. The molecule has 2 aromatic carbocycles. The van der Waals surface area contributed by atoms with Crippen molar-refractivity contribution >= 4 is 23.2 Å². The van der Waals surface area contributed by atoms with E-state index in [0.29, 0.717) is 22.0 Å². The molecule has 110 valence electrons. The third kappa shape index (κ3) is 4.20.